The van der Waals surface area contributed by atoms with E-state index in [0.29, 0.717) is 13.1 Å². The van der Waals surface area contributed by atoms with Gasteiger partial charge >= 0.3 is 0 Å². The average Bonchev–Trinajstić information content (AvgIpc) is 2.35. The lowest BCUT2D eigenvalue weighted by Crippen LogP contribution is -2.28. The van der Waals surface area contributed by atoms with E-state index in [9.17, 15) is 8.78 Å². The molecule has 5 heteroatoms. The maximum Gasteiger partial charge on any atom is 0.149 e. The van der Waals surface area contributed by atoms with Gasteiger partial charge in [-0.1, -0.05) is 0 Å². The second-order valence-corrected chi connectivity index (χ2v) is 4.80. The summed E-state index contributed by atoms with van der Waals surface area (Å²) in [6.45, 7) is 3.52. The summed E-state index contributed by atoms with van der Waals surface area (Å²) in [7, 11) is 3.93. The van der Waals surface area contributed by atoms with Gasteiger partial charge in [0.2, 0.25) is 0 Å². The average molecular weight is 272 g/mol. The number of hydrogen-bond donors (Lipinski definition) is 1. The molecule has 19 heavy (non-hydrogen) atoms. The molecule has 0 saturated heterocycles. The van der Waals surface area contributed by atoms with Gasteiger partial charge in [0.1, 0.15) is 17.3 Å². The third-order valence-corrected chi connectivity index (χ3v) is 2.99. The van der Waals surface area contributed by atoms with Crippen molar-refractivity contribution in [3.05, 3.63) is 29.3 Å². The molecule has 0 heterocycles. The largest absolute Gasteiger partial charge is 0.392 e. The summed E-state index contributed by atoms with van der Waals surface area (Å²) in [5.41, 5.74) is 0.251. The standard InChI is InChI=1S/C14H22F2N2O/c1-4-18(7-5-6-17(2)3)14-12(15)8-11(10-19)9-13(14)16/h8-9,19H,4-7,10H2,1-3H3. The summed E-state index contributed by atoms with van der Waals surface area (Å²) in [6.07, 6.45) is 0.835. The normalized spacial score (nSPS) is 11.1. The molecule has 1 rings (SSSR count). The Balaban J connectivity index is 2.86. The van der Waals surface area contributed by atoms with Crippen molar-refractivity contribution in [2.45, 2.75) is 20.0 Å². The van der Waals surface area contributed by atoms with Gasteiger partial charge in [0.25, 0.3) is 0 Å². The summed E-state index contributed by atoms with van der Waals surface area (Å²) < 4.78 is 27.8. The van der Waals surface area contributed by atoms with Crippen LogP contribution >= 0.6 is 0 Å². The molecule has 1 aromatic rings. The number of aliphatic hydroxyl groups is 1. The van der Waals surface area contributed by atoms with Crippen molar-refractivity contribution in [1.82, 2.24) is 4.90 Å². The second kappa shape index (κ2) is 7.40. The van der Waals surface area contributed by atoms with Gasteiger partial charge in [-0.15, -0.1) is 0 Å². The van der Waals surface area contributed by atoms with Crippen LogP contribution in [-0.2, 0) is 6.61 Å². The molecule has 1 N–H and O–H groups in total. The Hall–Kier alpha value is -1.20. The predicted molar refractivity (Wildman–Crippen MR) is 73.3 cm³/mol. The third kappa shape index (κ3) is 4.44. The number of halogens is 2. The van der Waals surface area contributed by atoms with Crippen LogP contribution in [0.15, 0.2) is 12.1 Å². The van der Waals surface area contributed by atoms with Crippen molar-refractivity contribution in [3.8, 4) is 0 Å². The van der Waals surface area contributed by atoms with Crippen molar-refractivity contribution in [2.75, 3.05) is 38.6 Å². The minimum atomic E-state index is -0.615. The molecule has 0 spiro atoms. The Bertz CT molecular complexity index is 387. The second-order valence-electron chi connectivity index (χ2n) is 4.80. The maximum absolute atomic E-state index is 13.9. The maximum atomic E-state index is 13.9. The molecular formula is C14H22F2N2O. The summed E-state index contributed by atoms with van der Waals surface area (Å²) in [4.78, 5) is 3.73. The van der Waals surface area contributed by atoms with E-state index in [1.807, 2.05) is 25.9 Å². The molecule has 108 valence electrons. The number of anilines is 1. The predicted octanol–water partition coefficient (Wildman–Crippen LogP) is 2.24. The first kappa shape index (κ1) is 15.9. The van der Waals surface area contributed by atoms with E-state index in [2.05, 4.69) is 0 Å². The fourth-order valence-corrected chi connectivity index (χ4v) is 2.02. The molecular weight excluding hydrogens is 250 g/mol. The van der Waals surface area contributed by atoms with Gasteiger partial charge in [0.05, 0.1) is 6.61 Å². The SMILES string of the molecule is CCN(CCCN(C)C)c1c(F)cc(CO)cc1F. The van der Waals surface area contributed by atoms with Crippen LogP contribution in [0.1, 0.15) is 18.9 Å². The number of nitrogens with zero attached hydrogens (tertiary/aromatic N) is 2. The van der Waals surface area contributed by atoms with Crippen molar-refractivity contribution in [1.29, 1.82) is 0 Å². The van der Waals surface area contributed by atoms with Crippen LogP contribution in [0.25, 0.3) is 0 Å². The Kier molecular flexibility index (Phi) is 6.18. The molecule has 3 nitrogen and oxygen atoms in total. The molecule has 1 aromatic carbocycles. The van der Waals surface area contributed by atoms with Crippen LogP contribution in [0.2, 0.25) is 0 Å². The third-order valence-electron chi connectivity index (χ3n) is 2.99. The summed E-state index contributed by atoms with van der Waals surface area (Å²) in [5, 5.41) is 8.92. The van der Waals surface area contributed by atoms with Crippen molar-refractivity contribution in [3.63, 3.8) is 0 Å². The molecule has 0 aromatic heterocycles. The molecule has 0 amide bonds. The molecule has 0 radical (unpaired) electrons. The Labute approximate surface area is 113 Å². The van der Waals surface area contributed by atoms with Crippen molar-refractivity contribution >= 4 is 5.69 Å². The summed E-state index contributed by atoms with van der Waals surface area (Å²) in [5.74, 6) is -1.23. The first-order valence-electron chi connectivity index (χ1n) is 6.48. The minimum absolute atomic E-state index is 0.00143. The van der Waals surface area contributed by atoms with Gasteiger partial charge in [-0.25, -0.2) is 8.78 Å². The van der Waals surface area contributed by atoms with Crippen molar-refractivity contribution in [2.24, 2.45) is 0 Å². The zero-order valence-electron chi connectivity index (χ0n) is 11.8. The van der Waals surface area contributed by atoms with E-state index in [0.717, 1.165) is 13.0 Å². The van der Waals surface area contributed by atoms with Gasteiger partial charge < -0.3 is 14.9 Å². The smallest absolute Gasteiger partial charge is 0.149 e. The van der Waals surface area contributed by atoms with E-state index < -0.39 is 11.6 Å². The van der Waals surface area contributed by atoms with Gasteiger partial charge in [-0.05, 0) is 51.7 Å². The van der Waals surface area contributed by atoms with Gasteiger partial charge in [-0.2, -0.15) is 0 Å². The Morgan fingerprint density at radius 3 is 2.11 bits per heavy atom. The van der Waals surface area contributed by atoms with Crippen molar-refractivity contribution < 1.29 is 13.9 Å². The van der Waals surface area contributed by atoms with E-state index >= 15 is 0 Å². The summed E-state index contributed by atoms with van der Waals surface area (Å²) in [6, 6.07) is 2.38. The van der Waals surface area contributed by atoms with Gasteiger partial charge in [-0.3, -0.25) is 0 Å². The fourth-order valence-electron chi connectivity index (χ4n) is 2.02. The first-order valence-corrected chi connectivity index (χ1v) is 6.48. The quantitative estimate of drug-likeness (QED) is 0.824. The first-order chi connectivity index (χ1) is 8.99. The fraction of sp³-hybridized carbons (Fsp3) is 0.571. The molecule has 0 fully saturated rings. The van der Waals surface area contributed by atoms with E-state index in [1.54, 1.807) is 4.90 Å². The highest BCUT2D eigenvalue weighted by Crippen LogP contribution is 2.25. The lowest BCUT2D eigenvalue weighted by molar-refractivity contribution is 0.280. The monoisotopic (exact) mass is 272 g/mol. The number of benzene rings is 1. The molecule has 0 aliphatic carbocycles. The van der Waals surface area contributed by atoms with E-state index in [4.69, 9.17) is 5.11 Å². The number of hydrogen-bond acceptors (Lipinski definition) is 3. The van der Waals surface area contributed by atoms with E-state index in [1.165, 1.54) is 12.1 Å². The molecule has 0 bridgehead atoms. The highest BCUT2D eigenvalue weighted by molar-refractivity contribution is 5.50. The van der Waals surface area contributed by atoms with E-state index in [-0.39, 0.29) is 17.9 Å². The molecule has 0 aliphatic rings. The van der Waals surface area contributed by atoms with Crippen LogP contribution in [0, 0.1) is 11.6 Å². The highest BCUT2D eigenvalue weighted by atomic mass is 19.1. The Morgan fingerprint density at radius 2 is 1.68 bits per heavy atom. The van der Waals surface area contributed by atoms with Crippen LogP contribution in [0.3, 0.4) is 0 Å². The molecule has 0 aliphatic heterocycles. The molecule has 0 saturated carbocycles. The molecule has 0 atom stereocenters. The highest BCUT2D eigenvalue weighted by Gasteiger charge is 2.16. The Morgan fingerprint density at radius 1 is 1.11 bits per heavy atom. The van der Waals surface area contributed by atoms with Gasteiger partial charge in [0, 0.05) is 13.1 Å². The lowest BCUT2D eigenvalue weighted by Gasteiger charge is -2.25. The lowest BCUT2D eigenvalue weighted by atomic mass is 10.1. The van der Waals surface area contributed by atoms with Crippen LogP contribution in [-0.4, -0.2) is 43.7 Å². The summed E-state index contributed by atoms with van der Waals surface area (Å²) >= 11 is 0. The van der Waals surface area contributed by atoms with Crippen LogP contribution < -0.4 is 4.90 Å². The topological polar surface area (TPSA) is 26.7 Å². The van der Waals surface area contributed by atoms with Crippen LogP contribution in [0.5, 0.6) is 0 Å². The zero-order valence-corrected chi connectivity index (χ0v) is 11.8. The van der Waals surface area contributed by atoms with Crippen LogP contribution in [0.4, 0.5) is 14.5 Å². The number of aliphatic hydroxyl groups excluding tert-OH is 1. The molecule has 0 unspecified atom stereocenters. The minimum Gasteiger partial charge on any atom is -0.392 e. The zero-order chi connectivity index (χ0) is 14.4. The van der Waals surface area contributed by atoms with Gasteiger partial charge in [0.15, 0.2) is 0 Å². The number of rotatable bonds is 7.